The Morgan fingerprint density at radius 2 is 1.14 bits per heavy atom. The molecule has 2 atom stereocenters. The Labute approximate surface area is 176 Å². The standard InChI is InChI=1S/C24H22O4S/c1-5-11-23(19-13-7-9-15-21(19)27-17(3)25)29-24(12-6-2)20-14-8-10-16-22(20)28-18(4)26/h7-10,13-16,23-24H,1-4H3. The topological polar surface area (TPSA) is 52.6 Å². The van der Waals surface area contributed by atoms with Crippen molar-refractivity contribution in [3.05, 3.63) is 59.7 Å². The lowest BCUT2D eigenvalue weighted by atomic mass is 10.1. The molecule has 2 aromatic carbocycles. The second-order valence-corrected chi connectivity index (χ2v) is 7.16. The van der Waals surface area contributed by atoms with Crippen LogP contribution in [0.25, 0.3) is 0 Å². The molecule has 0 N–H and O–H groups in total. The first-order valence-electron chi connectivity index (χ1n) is 9.01. The van der Waals surface area contributed by atoms with Crippen LogP contribution < -0.4 is 9.47 Å². The molecular weight excluding hydrogens is 384 g/mol. The van der Waals surface area contributed by atoms with E-state index in [1.54, 1.807) is 26.0 Å². The lowest BCUT2D eigenvalue weighted by Crippen LogP contribution is -2.07. The van der Waals surface area contributed by atoms with Gasteiger partial charge >= 0.3 is 11.9 Å². The number of esters is 2. The minimum absolute atomic E-state index is 0.299. The maximum absolute atomic E-state index is 11.5. The zero-order valence-corrected chi connectivity index (χ0v) is 17.6. The number of para-hydroxylation sites is 2. The molecule has 0 saturated carbocycles. The van der Waals surface area contributed by atoms with Gasteiger partial charge in [-0.3, -0.25) is 9.59 Å². The van der Waals surface area contributed by atoms with Crippen molar-refractivity contribution < 1.29 is 19.1 Å². The van der Waals surface area contributed by atoms with Crippen LogP contribution in [0.5, 0.6) is 11.5 Å². The smallest absolute Gasteiger partial charge is 0.308 e. The average molecular weight is 407 g/mol. The number of rotatable bonds is 6. The quantitative estimate of drug-likeness (QED) is 0.380. The molecule has 0 bridgehead atoms. The molecule has 2 aromatic rings. The zero-order chi connectivity index (χ0) is 21.2. The van der Waals surface area contributed by atoms with Crippen LogP contribution in [0.4, 0.5) is 0 Å². The summed E-state index contributed by atoms with van der Waals surface area (Å²) >= 11 is 1.50. The summed E-state index contributed by atoms with van der Waals surface area (Å²) in [4.78, 5) is 23.0. The van der Waals surface area contributed by atoms with Crippen LogP contribution >= 0.6 is 11.8 Å². The number of ether oxygens (including phenoxy) is 2. The van der Waals surface area contributed by atoms with Crippen LogP contribution in [0.1, 0.15) is 49.3 Å². The van der Waals surface area contributed by atoms with Gasteiger partial charge in [0.1, 0.15) is 11.5 Å². The summed E-state index contributed by atoms with van der Waals surface area (Å²) in [5.74, 6) is 12.4. The van der Waals surface area contributed by atoms with Gasteiger partial charge in [-0.05, 0) is 26.0 Å². The summed E-state index contributed by atoms with van der Waals surface area (Å²) in [7, 11) is 0. The minimum atomic E-state index is -0.393. The zero-order valence-electron chi connectivity index (χ0n) is 16.8. The number of hydrogen-bond donors (Lipinski definition) is 0. The van der Waals surface area contributed by atoms with Gasteiger partial charge in [-0.25, -0.2) is 0 Å². The van der Waals surface area contributed by atoms with E-state index in [1.807, 2.05) is 36.4 Å². The fourth-order valence-corrected chi connectivity index (χ4v) is 3.98. The summed E-state index contributed by atoms with van der Waals surface area (Å²) in [6, 6.07) is 14.6. The number of benzene rings is 2. The van der Waals surface area contributed by atoms with Gasteiger partial charge in [-0.1, -0.05) is 48.2 Å². The fraction of sp³-hybridized carbons (Fsp3) is 0.250. The largest absolute Gasteiger partial charge is 0.426 e. The first kappa shape index (κ1) is 22.1. The van der Waals surface area contributed by atoms with Crippen molar-refractivity contribution in [1.82, 2.24) is 0 Å². The third-order valence-electron chi connectivity index (χ3n) is 3.73. The summed E-state index contributed by atoms with van der Waals surface area (Å²) in [5.41, 5.74) is 1.57. The maximum atomic E-state index is 11.5. The Morgan fingerprint density at radius 3 is 1.48 bits per heavy atom. The van der Waals surface area contributed by atoms with E-state index in [4.69, 9.17) is 9.47 Å². The van der Waals surface area contributed by atoms with E-state index in [0.29, 0.717) is 11.5 Å². The van der Waals surface area contributed by atoms with Gasteiger partial charge in [0.25, 0.3) is 0 Å². The second-order valence-electron chi connectivity index (χ2n) is 5.95. The molecule has 0 amide bonds. The molecule has 4 nitrogen and oxygen atoms in total. The molecular formula is C24H22O4S. The van der Waals surface area contributed by atoms with Crippen LogP contribution in [0.2, 0.25) is 0 Å². The van der Waals surface area contributed by atoms with Gasteiger partial charge in [0.2, 0.25) is 0 Å². The first-order valence-corrected chi connectivity index (χ1v) is 9.95. The van der Waals surface area contributed by atoms with E-state index < -0.39 is 11.9 Å². The molecule has 29 heavy (non-hydrogen) atoms. The van der Waals surface area contributed by atoms with Crippen molar-refractivity contribution >= 4 is 23.7 Å². The highest BCUT2D eigenvalue weighted by Crippen LogP contribution is 2.45. The summed E-state index contributed by atoms with van der Waals surface area (Å²) < 4.78 is 10.7. The maximum Gasteiger partial charge on any atom is 0.308 e. The van der Waals surface area contributed by atoms with Crippen molar-refractivity contribution in [3.63, 3.8) is 0 Å². The molecule has 0 aliphatic heterocycles. The number of hydrogen-bond acceptors (Lipinski definition) is 5. The molecule has 2 rings (SSSR count). The Morgan fingerprint density at radius 1 is 0.759 bits per heavy atom. The summed E-state index contributed by atoms with van der Waals surface area (Å²) in [5, 5.41) is -0.599. The van der Waals surface area contributed by atoms with Gasteiger partial charge in [0.05, 0.1) is 10.5 Å². The van der Waals surface area contributed by atoms with Gasteiger partial charge in [0, 0.05) is 25.0 Å². The Balaban J connectivity index is 2.47. The highest BCUT2D eigenvalue weighted by Gasteiger charge is 2.23. The van der Waals surface area contributed by atoms with Crippen LogP contribution in [0.3, 0.4) is 0 Å². The normalized spacial score (nSPS) is 11.7. The molecule has 2 unspecified atom stereocenters. The van der Waals surface area contributed by atoms with Gasteiger partial charge in [-0.15, -0.1) is 23.6 Å². The fourth-order valence-electron chi connectivity index (χ4n) is 2.66. The molecule has 0 aromatic heterocycles. The lowest BCUT2D eigenvalue weighted by Gasteiger charge is -2.20. The van der Waals surface area contributed by atoms with Crippen molar-refractivity contribution in [2.75, 3.05) is 0 Å². The second kappa shape index (κ2) is 11.0. The highest BCUT2D eigenvalue weighted by atomic mass is 32.2. The molecule has 0 fully saturated rings. The van der Waals surface area contributed by atoms with Crippen molar-refractivity contribution in [3.8, 4) is 35.2 Å². The molecule has 0 radical (unpaired) electrons. The molecule has 0 aliphatic rings. The number of carbonyl (C=O) groups excluding carboxylic acids is 2. The number of thioether (sulfide) groups is 1. The van der Waals surface area contributed by atoms with E-state index in [9.17, 15) is 9.59 Å². The third-order valence-corrected chi connectivity index (χ3v) is 5.02. The average Bonchev–Trinajstić information content (AvgIpc) is 2.67. The van der Waals surface area contributed by atoms with E-state index in [-0.39, 0.29) is 10.5 Å². The van der Waals surface area contributed by atoms with E-state index in [1.165, 1.54) is 25.6 Å². The Hall–Kier alpha value is -3.15. The summed E-state index contributed by atoms with van der Waals surface area (Å²) in [6.45, 7) is 6.25. The van der Waals surface area contributed by atoms with Crippen molar-refractivity contribution in [2.24, 2.45) is 0 Å². The van der Waals surface area contributed by atoms with E-state index in [2.05, 4.69) is 23.7 Å². The van der Waals surface area contributed by atoms with Crippen molar-refractivity contribution in [1.29, 1.82) is 0 Å². The SMILES string of the molecule is CC#CC(SC(C#CC)c1ccccc1OC(C)=O)c1ccccc1OC(C)=O. The van der Waals surface area contributed by atoms with Crippen LogP contribution in [-0.2, 0) is 9.59 Å². The van der Waals surface area contributed by atoms with Crippen LogP contribution in [0.15, 0.2) is 48.5 Å². The first-order chi connectivity index (χ1) is 14.0. The molecule has 0 saturated heterocycles. The highest BCUT2D eigenvalue weighted by molar-refractivity contribution is 8.00. The van der Waals surface area contributed by atoms with E-state index in [0.717, 1.165) is 11.1 Å². The van der Waals surface area contributed by atoms with Crippen LogP contribution in [-0.4, -0.2) is 11.9 Å². The molecule has 5 heteroatoms. The molecule has 0 heterocycles. The molecule has 0 aliphatic carbocycles. The molecule has 0 spiro atoms. The monoisotopic (exact) mass is 406 g/mol. The predicted molar refractivity (Wildman–Crippen MR) is 115 cm³/mol. The van der Waals surface area contributed by atoms with E-state index >= 15 is 0 Å². The van der Waals surface area contributed by atoms with Gasteiger partial charge < -0.3 is 9.47 Å². The van der Waals surface area contributed by atoms with Crippen molar-refractivity contribution in [2.45, 2.75) is 38.2 Å². The Kier molecular flexibility index (Phi) is 8.40. The van der Waals surface area contributed by atoms with Gasteiger partial charge in [-0.2, -0.15) is 0 Å². The minimum Gasteiger partial charge on any atom is -0.426 e. The van der Waals surface area contributed by atoms with Crippen LogP contribution in [0, 0.1) is 23.7 Å². The lowest BCUT2D eigenvalue weighted by molar-refractivity contribution is -0.132. The third kappa shape index (κ3) is 6.45. The Bertz CT molecular complexity index is 923. The van der Waals surface area contributed by atoms with Gasteiger partial charge in [0.15, 0.2) is 0 Å². The molecule has 148 valence electrons. The predicted octanol–water partition coefficient (Wildman–Crippen LogP) is 5.10. The number of carbonyl (C=O) groups is 2. The summed E-state index contributed by atoms with van der Waals surface area (Å²) in [6.07, 6.45) is 0.